The number of phenolic OH excluding ortho intramolecular Hbond substituents is 1. The van der Waals surface area contributed by atoms with Crippen LogP contribution in [-0.2, 0) is 4.79 Å². The Morgan fingerprint density at radius 2 is 2.15 bits per heavy atom. The van der Waals surface area contributed by atoms with E-state index in [-0.39, 0.29) is 17.4 Å². The fourth-order valence-electron chi connectivity index (χ4n) is 2.13. The van der Waals surface area contributed by atoms with Crippen molar-refractivity contribution in [1.82, 2.24) is 25.6 Å². The highest BCUT2D eigenvalue weighted by Gasteiger charge is 2.11. The lowest BCUT2D eigenvalue weighted by Crippen LogP contribution is -2.20. The van der Waals surface area contributed by atoms with Gasteiger partial charge in [0.05, 0.1) is 24.8 Å². The van der Waals surface area contributed by atoms with Crippen molar-refractivity contribution in [2.75, 3.05) is 12.9 Å². The van der Waals surface area contributed by atoms with Crippen LogP contribution >= 0.6 is 11.8 Å². The van der Waals surface area contributed by atoms with Crippen molar-refractivity contribution in [3.05, 3.63) is 54.1 Å². The van der Waals surface area contributed by atoms with Crippen LogP contribution in [0.4, 0.5) is 0 Å². The van der Waals surface area contributed by atoms with Gasteiger partial charge >= 0.3 is 0 Å². The molecule has 0 saturated heterocycles. The summed E-state index contributed by atoms with van der Waals surface area (Å²) in [4.78, 5) is 12.0. The van der Waals surface area contributed by atoms with Crippen molar-refractivity contribution in [2.24, 2.45) is 5.10 Å². The Morgan fingerprint density at radius 3 is 2.89 bits per heavy atom. The number of benzene rings is 2. The van der Waals surface area contributed by atoms with Gasteiger partial charge in [-0.15, -0.1) is 5.10 Å². The number of aromatic hydroxyl groups is 1. The fourth-order valence-corrected chi connectivity index (χ4v) is 2.81. The molecule has 10 heteroatoms. The normalized spacial score (nSPS) is 10.9. The maximum atomic E-state index is 12.0. The number of tetrazole rings is 1. The molecule has 0 radical (unpaired) electrons. The number of hydrogen-bond acceptors (Lipinski definition) is 8. The lowest BCUT2D eigenvalue weighted by atomic mass is 10.2. The number of thioether (sulfide) groups is 1. The number of ether oxygens (including phenoxy) is 1. The topological polar surface area (TPSA) is 115 Å². The van der Waals surface area contributed by atoms with E-state index in [0.29, 0.717) is 16.5 Å². The van der Waals surface area contributed by atoms with Gasteiger partial charge in [-0.1, -0.05) is 30.0 Å². The zero-order chi connectivity index (χ0) is 19.1. The van der Waals surface area contributed by atoms with E-state index in [4.69, 9.17) is 4.74 Å². The second-order valence-electron chi connectivity index (χ2n) is 5.22. The van der Waals surface area contributed by atoms with E-state index in [1.165, 1.54) is 31.2 Å². The van der Waals surface area contributed by atoms with Crippen LogP contribution in [0.1, 0.15) is 5.56 Å². The first kappa shape index (κ1) is 18.4. The molecule has 0 aliphatic rings. The van der Waals surface area contributed by atoms with Crippen LogP contribution in [0.3, 0.4) is 0 Å². The summed E-state index contributed by atoms with van der Waals surface area (Å²) in [5.41, 5.74) is 3.85. The average molecular weight is 384 g/mol. The first-order chi connectivity index (χ1) is 13.2. The highest BCUT2D eigenvalue weighted by Crippen LogP contribution is 2.25. The molecule has 0 saturated carbocycles. The van der Waals surface area contributed by atoms with Crippen LogP contribution in [0.5, 0.6) is 11.5 Å². The van der Waals surface area contributed by atoms with Crippen LogP contribution in [-0.4, -0.2) is 50.3 Å². The lowest BCUT2D eigenvalue weighted by Gasteiger charge is -2.04. The molecule has 2 N–H and O–H groups in total. The molecule has 138 valence electrons. The van der Waals surface area contributed by atoms with Gasteiger partial charge in [-0.25, -0.2) is 5.43 Å². The zero-order valence-electron chi connectivity index (χ0n) is 14.3. The van der Waals surface area contributed by atoms with Gasteiger partial charge < -0.3 is 9.84 Å². The number of rotatable bonds is 7. The number of hydrogen-bond donors (Lipinski definition) is 2. The largest absolute Gasteiger partial charge is 0.504 e. The third kappa shape index (κ3) is 4.82. The molecule has 0 fully saturated rings. The number of para-hydroxylation sites is 1. The van der Waals surface area contributed by atoms with Crippen LogP contribution in [0, 0.1) is 0 Å². The quantitative estimate of drug-likeness (QED) is 0.361. The molecule has 0 aliphatic heterocycles. The molecule has 0 unspecified atom stereocenters. The van der Waals surface area contributed by atoms with Crippen LogP contribution in [0.2, 0.25) is 0 Å². The molecule has 1 heterocycles. The van der Waals surface area contributed by atoms with Gasteiger partial charge in [-0.3, -0.25) is 4.79 Å². The van der Waals surface area contributed by atoms with E-state index in [9.17, 15) is 9.90 Å². The van der Waals surface area contributed by atoms with Gasteiger partial charge in [-0.2, -0.15) is 9.78 Å². The fraction of sp³-hybridized carbons (Fsp3) is 0.118. The van der Waals surface area contributed by atoms with Crippen molar-refractivity contribution in [3.63, 3.8) is 0 Å². The van der Waals surface area contributed by atoms with Crippen molar-refractivity contribution >= 4 is 23.9 Å². The average Bonchev–Trinajstić information content (AvgIpc) is 3.16. The van der Waals surface area contributed by atoms with Gasteiger partial charge in [0.15, 0.2) is 11.5 Å². The molecule has 0 bridgehead atoms. The molecule has 0 atom stereocenters. The van der Waals surface area contributed by atoms with E-state index in [1.807, 2.05) is 30.3 Å². The van der Waals surface area contributed by atoms with Crippen molar-refractivity contribution in [3.8, 4) is 17.2 Å². The maximum Gasteiger partial charge on any atom is 0.250 e. The van der Waals surface area contributed by atoms with Crippen molar-refractivity contribution in [2.45, 2.75) is 5.16 Å². The van der Waals surface area contributed by atoms with E-state index >= 15 is 0 Å². The molecule has 3 rings (SSSR count). The number of hydrazone groups is 1. The number of phenols is 1. The SMILES string of the molecule is COc1ccc(/C=N/NC(=O)CSc2nnnn2-c2ccccc2)cc1O. The van der Waals surface area contributed by atoms with Gasteiger partial charge in [0.2, 0.25) is 5.16 Å². The monoisotopic (exact) mass is 384 g/mol. The molecule has 2 aromatic carbocycles. The Bertz CT molecular complexity index is 945. The predicted molar refractivity (Wildman–Crippen MR) is 100 cm³/mol. The molecule has 3 aromatic rings. The number of aromatic nitrogens is 4. The Morgan fingerprint density at radius 1 is 1.33 bits per heavy atom. The van der Waals surface area contributed by atoms with Crippen molar-refractivity contribution in [1.29, 1.82) is 0 Å². The molecule has 0 aliphatic carbocycles. The minimum absolute atomic E-state index is 0.00363. The second kappa shape index (κ2) is 8.81. The first-order valence-corrected chi connectivity index (χ1v) is 8.81. The summed E-state index contributed by atoms with van der Waals surface area (Å²) in [7, 11) is 1.47. The Balaban J connectivity index is 1.54. The molecular formula is C17H16N6O3S. The Kier molecular flexibility index (Phi) is 6.00. The van der Waals surface area contributed by atoms with Crippen molar-refractivity contribution < 1.29 is 14.6 Å². The first-order valence-electron chi connectivity index (χ1n) is 7.83. The molecule has 1 amide bonds. The van der Waals surface area contributed by atoms with E-state index in [0.717, 1.165) is 5.69 Å². The summed E-state index contributed by atoms with van der Waals surface area (Å²) in [6.45, 7) is 0. The minimum atomic E-state index is -0.309. The Labute approximate surface area is 159 Å². The van der Waals surface area contributed by atoms with Crippen LogP contribution < -0.4 is 10.2 Å². The standard InChI is InChI=1S/C17H16N6O3S/c1-26-15-8-7-12(9-14(15)24)10-18-19-16(25)11-27-17-20-21-22-23(17)13-5-3-2-4-6-13/h2-10,24H,11H2,1H3,(H,19,25)/b18-10+. The number of amides is 1. The predicted octanol–water partition coefficient (Wildman–Crippen LogP) is 1.62. The molecule has 1 aromatic heterocycles. The summed E-state index contributed by atoms with van der Waals surface area (Å²) < 4.78 is 6.52. The summed E-state index contributed by atoms with van der Waals surface area (Å²) in [5, 5.41) is 25.6. The van der Waals surface area contributed by atoms with Crippen LogP contribution in [0.15, 0.2) is 58.8 Å². The lowest BCUT2D eigenvalue weighted by molar-refractivity contribution is -0.118. The summed E-state index contributed by atoms with van der Waals surface area (Å²) in [6, 6.07) is 14.2. The number of nitrogens with one attached hydrogen (secondary N) is 1. The highest BCUT2D eigenvalue weighted by molar-refractivity contribution is 7.99. The number of carbonyl (C=O) groups is 1. The van der Waals surface area contributed by atoms with E-state index < -0.39 is 0 Å². The maximum absolute atomic E-state index is 12.0. The molecule has 9 nitrogen and oxygen atoms in total. The summed E-state index contributed by atoms with van der Waals surface area (Å²) in [5.74, 6) is 0.148. The Hall–Kier alpha value is -3.40. The summed E-state index contributed by atoms with van der Waals surface area (Å²) in [6.07, 6.45) is 1.43. The second-order valence-corrected chi connectivity index (χ2v) is 6.16. The molecule has 0 spiro atoms. The van der Waals surface area contributed by atoms with E-state index in [2.05, 4.69) is 26.1 Å². The smallest absolute Gasteiger partial charge is 0.250 e. The third-order valence-corrected chi connectivity index (χ3v) is 4.30. The van der Waals surface area contributed by atoms with Gasteiger partial charge in [-0.05, 0) is 46.3 Å². The third-order valence-electron chi connectivity index (χ3n) is 3.38. The zero-order valence-corrected chi connectivity index (χ0v) is 15.1. The summed E-state index contributed by atoms with van der Waals surface area (Å²) >= 11 is 1.19. The van der Waals surface area contributed by atoms with Crippen LogP contribution in [0.25, 0.3) is 5.69 Å². The number of methoxy groups -OCH3 is 1. The minimum Gasteiger partial charge on any atom is -0.504 e. The molecule has 27 heavy (non-hydrogen) atoms. The van der Waals surface area contributed by atoms with E-state index in [1.54, 1.807) is 16.8 Å². The highest BCUT2D eigenvalue weighted by atomic mass is 32.2. The van der Waals surface area contributed by atoms with Gasteiger partial charge in [0.25, 0.3) is 5.91 Å². The number of nitrogens with zero attached hydrogens (tertiary/aromatic N) is 5. The van der Waals surface area contributed by atoms with Gasteiger partial charge in [0.1, 0.15) is 0 Å². The van der Waals surface area contributed by atoms with Gasteiger partial charge in [0, 0.05) is 0 Å². The number of carbonyl (C=O) groups excluding carboxylic acids is 1. The molecular weight excluding hydrogens is 368 g/mol.